The number of nitrogens with one attached hydrogen (secondary N) is 2. The summed E-state index contributed by atoms with van der Waals surface area (Å²) in [7, 11) is 2.92. The van der Waals surface area contributed by atoms with E-state index < -0.39 is 17.2 Å². The minimum absolute atomic E-state index is 0.110. The smallest absolute Gasteiger partial charge is 0.330 e. The maximum absolute atomic E-state index is 11.9. The Bertz CT molecular complexity index is 944. The van der Waals surface area contributed by atoms with Crippen LogP contribution >= 0.6 is 0 Å². The zero-order valence-corrected chi connectivity index (χ0v) is 13.8. The van der Waals surface area contributed by atoms with Crippen molar-refractivity contribution in [3.05, 3.63) is 68.5 Å². The summed E-state index contributed by atoms with van der Waals surface area (Å²) in [6.45, 7) is 0.270. The molecule has 2 rings (SSSR count). The van der Waals surface area contributed by atoms with Crippen LogP contribution in [0.4, 0.5) is 0 Å². The van der Waals surface area contributed by atoms with E-state index in [1.54, 1.807) is 18.2 Å². The summed E-state index contributed by atoms with van der Waals surface area (Å²) in [5.74, 6) is -0.00186. The van der Waals surface area contributed by atoms with Gasteiger partial charge in [-0.05, 0) is 12.1 Å². The summed E-state index contributed by atoms with van der Waals surface area (Å²) in [5, 5.41) is 14.4. The second-order valence-electron chi connectivity index (χ2n) is 5.19. The molecule has 0 aliphatic carbocycles. The van der Waals surface area contributed by atoms with Gasteiger partial charge in [0, 0.05) is 32.1 Å². The lowest BCUT2D eigenvalue weighted by molar-refractivity contribution is -0.117. The first-order valence-electron chi connectivity index (χ1n) is 7.34. The molecule has 0 saturated heterocycles. The van der Waals surface area contributed by atoms with E-state index >= 15 is 0 Å². The van der Waals surface area contributed by atoms with Crippen LogP contribution in [0.25, 0.3) is 0 Å². The molecular weight excluding hydrogens is 326 g/mol. The number of rotatable bonds is 6. The summed E-state index contributed by atoms with van der Waals surface area (Å²) < 4.78 is 7.38. The number of hydrogen-bond donors (Lipinski definition) is 2. The fourth-order valence-corrected chi connectivity index (χ4v) is 2.03. The molecule has 130 valence electrons. The summed E-state index contributed by atoms with van der Waals surface area (Å²) in [6, 6.07) is 6.49. The number of furan rings is 1. The Morgan fingerprint density at radius 3 is 2.72 bits per heavy atom. The van der Waals surface area contributed by atoms with Gasteiger partial charge in [0.05, 0.1) is 19.4 Å². The van der Waals surface area contributed by atoms with Crippen LogP contribution in [-0.2, 0) is 32.0 Å². The number of carbonyl (C=O) groups is 1. The maximum atomic E-state index is 11.9. The standard InChI is InChI=1S/C16H17N5O4/c1-20-12(6-14(22)21(2)16(20)24)9-18-8-11(7-17)15(23)19-10-13-4-3-5-25-13/h3-6,8,18H,9-10H2,1-2H3,(H,19,23). The van der Waals surface area contributed by atoms with Crippen LogP contribution in [0.15, 0.2) is 50.2 Å². The molecule has 9 heteroatoms. The molecule has 0 aliphatic heterocycles. The van der Waals surface area contributed by atoms with Gasteiger partial charge in [0.2, 0.25) is 0 Å². The first-order chi connectivity index (χ1) is 11.9. The van der Waals surface area contributed by atoms with Crippen molar-refractivity contribution in [2.75, 3.05) is 0 Å². The summed E-state index contributed by atoms with van der Waals surface area (Å²) in [5.41, 5.74) is -0.594. The average Bonchev–Trinajstić information content (AvgIpc) is 3.12. The number of nitrogens with zero attached hydrogens (tertiary/aromatic N) is 3. The van der Waals surface area contributed by atoms with E-state index in [1.807, 2.05) is 0 Å². The highest BCUT2D eigenvalue weighted by Gasteiger charge is 2.10. The predicted molar refractivity (Wildman–Crippen MR) is 88.0 cm³/mol. The van der Waals surface area contributed by atoms with Crippen LogP contribution < -0.4 is 21.9 Å². The van der Waals surface area contributed by atoms with E-state index in [9.17, 15) is 14.4 Å². The molecule has 9 nitrogen and oxygen atoms in total. The van der Waals surface area contributed by atoms with E-state index in [-0.39, 0.29) is 18.7 Å². The Hall–Kier alpha value is -3.54. The monoisotopic (exact) mass is 343 g/mol. The lowest BCUT2D eigenvalue weighted by Gasteiger charge is -2.09. The maximum Gasteiger partial charge on any atom is 0.330 e. The number of aromatic nitrogens is 2. The minimum atomic E-state index is -0.565. The first-order valence-corrected chi connectivity index (χ1v) is 7.34. The lowest BCUT2D eigenvalue weighted by atomic mass is 10.3. The van der Waals surface area contributed by atoms with Crippen LogP contribution in [-0.4, -0.2) is 15.0 Å². The van der Waals surface area contributed by atoms with Gasteiger partial charge in [0.25, 0.3) is 11.5 Å². The van der Waals surface area contributed by atoms with Gasteiger partial charge in [-0.1, -0.05) is 0 Å². The molecular formula is C16H17N5O4. The average molecular weight is 343 g/mol. The molecule has 2 heterocycles. The van der Waals surface area contributed by atoms with Gasteiger partial charge in [0.15, 0.2) is 0 Å². The zero-order valence-electron chi connectivity index (χ0n) is 13.8. The lowest BCUT2D eigenvalue weighted by Crippen LogP contribution is -2.38. The molecule has 0 fully saturated rings. The Labute approximate surface area is 142 Å². The second-order valence-corrected chi connectivity index (χ2v) is 5.19. The van der Waals surface area contributed by atoms with Crippen molar-refractivity contribution in [1.29, 1.82) is 5.26 Å². The highest BCUT2D eigenvalue weighted by atomic mass is 16.3. The molecule has 2 aromatic heterocycles. The van der Waals surface area contributed by atoms with E-state index in [0.717, 1.165) is 4.57 Å². The first kappa shape index (κ1) is 17.8. The summed E-state index contributed by atoms with van der Waals surface area (Å²) >= 11 is 0. The molecule has 0 aromatic carbocycles. The van der Waals surface area contributed by atoms with E-state index in [0.29, 0.717) is 11.5 Å². The number of amides is 1. The van der Waals surface area contributed by atoms with Crippen LogP contribution in [0.5, 0.6) is 0 Å². The van der Waals surface area contributed by atoms with Crippen molar-refractivity contribution in [2.24, 2.45) is 14.1 Å². The largest absolute Gasteiger partial charge is 0.467 e. The minimum Gasteiger partial charge on any atom is -0.467 e. The quantitative estimate of drug-likeness (QED) is 0.538. The van der Waals surface area contributed by atoms with Crippen LogP contribution in [0.3, 0.4) is 0 Å². The molecule has 0 radical (unpaired) electrons. The molecule has 2 aromatic rings. The summed E-state index contributed by atoms with van der Waals surface area (Å²) in [4.78, 5) is 35.4. The van der Waals surface area contributed by atoms with Crippen molar-refractivity contribution in [3.8, 4) is 6.07 Å². The van der Waals surface area contributed by atoms with Gasteiger partial charge in [0.1, 0.15) is 17.4 Å². The number of carbonyl (C=O) groups excluding carboxylic acids is 1. The Morgan fingerprint density at radius 1 is 1.32 bits per heavy atom. The van der Waals surface area contributed by atoms with Crippen molar-refractivity contribution in [3.63, 3.8) is 0 Å². The molecule has 0 bridgehead atoms. The van der Waals surface area contributed by atoms with E-state index in [2.05, 4.69) is 10.6 Å². The molecule has 1 amide bonds. The van der Waals surface area contributed by atoms with Gasteiger partial charge in [-0.15, -0.1) is 0 Å². The van der Waals surface area contributed by atoms with Gasteiger partial charge >= 0.3 is 5.69 Å². The van der Waals surface area contributed by atoms with Gasteiger partial charge in [-0.25, -0.2) is 4.79 Å². The van der Waals surface area contributed by atoms with Crippen molar-refractivity contribution in [1.82, 2.24) is 19.8 Å². The second kappa shape index (κ2) is 7.83. The molecule has 0 spiro atoms. The molecule has 0 aliphatic rings. The number of nitriles is 1. The van der Waals surface area contributed by atoms with Crippen LogP contribution in [0.2, 0.25) is 0 Å². The highest BCUT2D eigenvalue weighted by Crippen LogP contribution is 2.00. The Balaban J connectivity index is 2.02. The topological polar surface area (TPSA) is 122 Å². The SMILES string of the molecule is Cn1c(CNC=C(C#N)C(=O)NCc2ccco2)cc(=O)n(C)c1=O. The third kappa shape index (κ3) is 4.26. The summed E-state index contributed by atoms with van der Waals surface area (Å²) in [6.07, 6.45) is 2.72. The molecule has 0 atom stereocenters. The molecule has 2 N–H and O–H groups in total. The van der Waals surface area contributed by atoms with E-state index in [1.165, 1.54) is 37.2 Å². The fourth-order valence-electron chi connectivity index (χ4n) is 2.03. The van der Waals surface area contributed by atoms with E-state index in [4.69, 9.17) is 9.68 Å². The molecule has 0 unspecified atom stereocenters. The normalized spacial score (nSPS) is 11.0. The predicted octanol–water partition coefficient (Wildman–Crippen LogP) is -0.510. The Morgan fingerprint density at radius 2 is 2.08 bits per heavy atom. The zero-order chi connectivity index (χ0) is 18.4. The van der Waals surface area contributed by atoms with Gasteiger partial charge in [-0.3, -0.25) is 18.7 Å². The fraction of sp³-hybridized carbons (Fsp3) is 0.250. The molecule has 25 heavy (non-hydrogen) atoms. The molecule has 0 saturated carbocycles. The van der Waals surface area contributed by atoms with Gasteiger partial charge < -0.3 is 15.1 Å². The highest BCUT2D eigenvalue weighted by molar-refractivity contribution is 5.97. The van der Waals surface area contributed by atoms with Gasteiger partial charge in [-0.2, -0.15) is 5.26 Å². The Kier molecular flexibility index (Phi) is 5.58. The number of hydrogen-bond acceptors (Lipinski definition) is 6. The van der Waals surface area contributed by atoms with Crippen molar-refractivity contribution < 1.29 is 9.21 Å². The van der Waals surface area contributed by atoms with Crippen LogP contribution in [0.1, 0.15) is 11.5 Å². The third-order valence-corrected chi connectivity index (χ3v) is 3.52. The third-order valence-electron chi connectivity index (χ3n) is 3.52. The van der Waals surface area contributed by atoms with Crippen LogP contribution in [0, 0.1) is 11.3 Å². The van der Waals surface area contributed by atoms with Crippen molar-refractivity contribution in [2.45, 2.75) is 13.1 Å². The van der Waals surface area contributed by atoms with Crippen molar-refractivity contribution >= 4 is 5.91 Å².